The normalized spacial score (nSPS) is 19.9. The molecule has 1 aromatic rings. The Balaban J connectivity index is 2.03. The molecule has 3 heteroatoms. The van der Waals surface area contributed by atoms with Gasteiger partial charge in [-0.1, -0.05) is 44.2 Å². The van der Waals surface area contributed by atoms with E-state index in [0.717, 1.165) is 25.7 Å². The molecular weight excluding hydrogens is 260 g/mol. The van der Waals surface area contributed by atoms with Crippen LogP contribution < -0.4 is 5.73 Å². The van der Waals surface area contributed by atoms with E-state index in [1.54, 1.807) is 0 Å². The molecule has 118 valence electrons. The van der Waals surface area contributed by atoms with E-state index in [2.05, 4.69) is 50.1 Å². The minimum atomic E-state index is 0.0658. The van der Waals surface area contributed by atoms with Crippen LogP contribution in [0.3, 0.4) is 0 Å². The van der Waals surface area contributed by atoms with E-state index in [4.69, 9.17) is 10.5 Å². The van der Waals surface area contributed by atoms with Crippen LogP contribution in [0.2, 0.25) is 0 Å². The lowest BCUT2D eigenvalue weighted by Gasteiger charge is -2.38. The Morgan fingerprint density at radius 2 is 1.81 bits per heavy atom. The summed E-state index contributed by atoms with van der Waals surface area (Å²) in [6.07, 6.45) is 2.35. The zero-order valence-electron chi connectivity index (χ0n) is 13.7. The van der Waals surface area contributed by atoms with Gasteiger partial charge in [-0.25, -0.2) is 0 Å². The molecule has 1 heterocycles. The number of nitrogens with zero attached hydrogens (tertiary/aromatic N) is 1. The number of ether oxygens (including phenoxy) is 1. The smallest absolute Gasteiger partial charge is 0.0469 e. The first-order chi connectivity index (χ1) is 10.1. The van der Waals surface area contributed by atoms with Gasteiger partial charge in [-0.15, -0.1) is 0 Å². The van der Waals surface area contributed by atoms with Crippen LogP contribution in [-0.2, 0) is 4.74 Å². The fraction of sp³-hybridized carbons (Fsp3) is 0.667. The molecule has 0 spiro atoms. The predicted octanol–water partition coefficient (Wildman–Crippen LogP) is 3.07. The molecule has 2 N–H and O–H groups in total. The molecule has 1 saturated heterocycles. The van der Waals surface area contributed by atoms with Crippen LogP contribution >= 0.6 is 0 Å². The summed E-state index contributed by atoms with van der Waals surface area (Å²) < 4.78 is 5.46. The molecule has 0 bridgehead atoms. The molecule has 0 amide bonds. The molecule has 0 aliphatic carbocycles. The van der Waals surface area contributed by atoms with Crippen molar-refractivity contribution in [1.29, 1.82) is 0 Å². The number of benzene rings is 1. The molecule has 2 atom stereocenters. The third-order valence-corrected chi connectivity index (χ3v) is 4.63. The summed E-state index contributed by atoms with van der Waals surface area (Å²) in [5.74, 6) is 1.28. The fourth-order valence-corrected chi connectivity index (χ4v) is 3.53. The van der Waals surface area contributed by atoms with Crippen LogP contribution in [0.5, 0.6) is 0 Å². The molecule has 21 heavy (non-hydrogen) atoms. The Morgan fingerprint density at radius 3 is 2.38 bits per heavy atom. The first-order valence-electron chi connectivity index (χ1n) is 8.18. The van der Waals surface area contributed by atoms with Crippen molar-refractivity contribution in [3.63, 3.8) is 0 Å². The van der Waals surface area contributed by atoms with Crippen LogP contribution in [0.15, 0.2) is 30.3 Å². The molecule has 1 fully saturated rings. The molecule has 2 unspecified atom stereocenters. The second-order valence-electron chi connectivity index (χ2n) is 6.67. The Hall–Kier alpha value is -0.900. The van der Waals surface area contributed by atoms with Crippen LogP contribution in [-0.4, -0.2) is 37.7 Å². The van der Waals surface area contributed by atoms with Gasteiger partial charge in [-0.2, -0.15) is 0 Å². The van der Waals surface area contributed by atoms with Gasteiger partial charge in [0, 0.05) is 31.8 Å². The highest BCUT2D eigenvalue weighted by Gasteiger charge is 2.28. The average molecular weight is 290 g/mol. The quantitative estimate of drug-likeness (QED) is 0.875. The molecular formula is C18H30N2O. The van der Waals surface area contributed by atoms with Gasteiger partial charge in [-0.3, -0.25) is 0 Å². The predicted molar refractivity (Wildman–Crippen MR) is 88.2 cm³/mol. The van der Waals surface area contributed by atoms with Gasteiger partial charge >= 0.3 is 0 Å². The van der Waals surface area contributed by atoms with Crippen molar-refractivity contribution >= 4 is 0 Å². The summed E-state index contributed by atoms with van der Waals surface area (Å²) in [7, 11) is 2.23. The van der Waals surface area contributed by atoms with Crippen molar-refractivity contribution in [2.45, 2.75) is 38.8 Å². The van der Waals surface area contributed by atoms with Gasteiger partial charge < -0.3 is 15.4 Å². The fourth-order valence-electron chi connectivity index (χ4n) is 3.53. The maximum atomic E-state index is 6.58. The van der Waals surface area contributed by atoms with E-state index in [9.17, 15) is 0 Å². The van der Waals surface area contributed by atoms with Crippen LogP contribution in [0.25, 0.3) is 0 Å². The van der Waals surface area contributed by atoms with E-state index in [1.165, 1.54) is 18.4 Å². The van der Waals surface area contributed by atoms with Crippen molar-refractivity contribution in [3.05, 3.63) is 35.9 Å². The lowest BCUT2D eigenvalue weighted by atomic mass is 9.89. The maximum absolute atomic E-state index is 6.58. The van der Waals surface area contributed by atoms with E-state index in [1.807, 2.05) is 6.07 Å². The second kappa shape index (κ2) is 7.92. The zero-order chi connectivity index (χ0) is 15.2. The molecule has 0 radical (unpaired) electrons. The van der Waals surface area contributed by atoms with Gasteiger partial charge in [0.1, 0.15) is 0 Å². The largest absolute Gasteiger partial charge is 0.381 e. The first kappa shape index (κ1) is 16.5. The lowest BCUT2D eigenvalue weighted by Crippen LogP contribution is -2.46. The number of hydrogen-bond acceptors (Lipinski definition) is 3. The summed E-state index contributed by atoms with van der Waals surface area (Å²) in [5, 5.41) is 0. The van der Waals surface area contributed by atoms with Gasteiger partial charge in [0.05, 0.1) is 0 Å². The van der Waals surface area contributed by atoms with E-state index >= 15 is 0 Å². The maximum Gasteiger partial charge on any atom is 0.0469 e. The minimum absolute atomic E-state index is 0.0658. The van der Waals surface area contributed by atoms with E-state index in [0.29, 0.717) is 12.0 Å². The van der Waals surface area contributed by atoms with Gasteiger partial charge in [0.2, 0.25) is 0 Å². The highest BCUT2D eigenvalue weighted by Crippen LogP contribution is 2.26. The van der Waals surface area contributed by atoms with E-state index in [-0.39, 0.29) is 6.04 Å². The molecule has 1 aliphatic heterocycles. The van der Waals surface area contributed by atoms with Crippen molar-refractivity contribution in [1.82, 2.24) is 4.90 Å². The monoisotopic (exact) mass is 290 g/mol. The van der Waals surface area contributed by atoms with Crippen molar-refractivity contribution in [2.75, 3.05) is 26.8 Å². The average Bonchev–Trinajstić information content (AvgIpc) is 2.49. The minimum Gasteiger partial charge on any atom is -0.381 e. The van der Waals surface area contributed by atoms with Crippen LogP contribution in [0, 0.1) is 11.8 Å². The molecule has 1 aliphatic rings. The topological polar surface area (TPSA) is 38.5 Å². The van der Waals surface area contributed by atoms with Gasteiger partial charge in [0.25, 0.3) is 0 Å². The van der Waals surface area contributed by atoms with Gasteiger partial charge in [-0.05, 0) is 37.3 Å². The molecule has 0 aromatic heterocycles. The second-order valence-corrected chi connectivity index (χ2v) is 6.67. The van der Waals surface area contributed by atoms with Gasteiger partial charge in [0.15, 0.2) is 0 Å². The van der Waals surface area contributed by atoms with Crippen molar-refractivity contribution in [3.8, 4) is 0 Å². The molecule has 3 nitrogen and oxygen atoms in total. The Bertz CT molecular complexity index is 401. The number of nitrogens with two attached hydrogens (primary N) is 1. The van der Waals surface area contributed by atoms with Crippen LogP contribution in [0.1, 0.15) is 38.3 Å². The highest BCUT2D eigenvalue weighted by molar-refractivity contribution is 5.20. The third-order valence-electron chi connectivity index (χ3n) is 4.63. The highest BCUT2D eigenvalue weighted by atomic mass is 16.5. The van der Waals surface area contributed by atoms with Crippen molar-refractivity contribution < 1.29 is 4.74 Å². The standard InChI is InChI=1S/C18H30N2O/c1-14(2)18(17(19)16-7-5-4-6-8-16)20(3)13-15-9-11-21-12-10-15/h4-8,14-15,17-18H,9-13,19H2,1-3H3. The number of rotatable bonds is 6. The summed E-state index contributed by atoms with van der Waals surface area (Å²) in [5.41, 5.74) is 7.81. The molecule has 0 saturated carbocycles. The SMILES string of the molecule is CC(C)C(C(N)c1ccccc1)N(C)CC1CCOCC1. The number of likely N-dealkylation sites (N-methyl/N-ethyl adjacent to an activating group) is 1. The summed E-state index contributed by atoms with van der Waals surface area (Å²) >= 11 is 0. The first-order valence-corrected chi connectivity index (χ1v) is 8.18. The Kier molecular flexibility index (Phi) is 6.22. The summed E-state index contributed by atoms with van der Waals surface area (Å²) in [6, 6.07) is 10.9. The molecule has 1 aromatic carbocycles. The molecule has 2 rings (SSSR count). The van der Waals surface area contributed by atoms with Crippen LogP contribution in [0.4, 0.5) is 0 Å². The summed E-state index contributed by atoms with van der Waals surface area (Å²) in [4.78, 5) is 2.47. The van der Waals surface area contributed by atoms with E-state index < -0.39 is 0 Å². The van der Waals surface area contributed by atoms with Crippen molar-refractivity contribution in [2.24, 2.45) is 17.6 Å². The lowest BCUT2D eigenvalue weighted by molar-refractivity contribution is 0.0435. The number of hydrogen-bond donors (Lipinski definition) is 1. The zero-order valence-corrected chi connectivity index (χ0v) is 13.7. The Labute approximate surface area is 129 Å². The Morgan fingerprint density at radius 1 is 1.19 bits per heavy atom. The summed E-state index contributed by atoms with van der Waals surface area (Å²) in [6.45, 7) is 7.49. The third kappa shape index (κ3) is 4.53.